The van der Waals surface area contributed by atoms with Crippen molar-refractivity contribution in [3.8, 4) is 0 Å². The number of carbonyl (C=O) groups is 1. The van der Waals surface area contributed by atoms with Crippen LogP contribution in [-0.2, 0) is 0 Å². The molecule has 1 rings (SSSR count). The van der Waals surface area contributed by atoms with Crippen LogP contribution < -0.4 is 5.32 Å². The first-order valence-electron chi connectivity index (χ1n) is 4.83. The molecule has 0 radical (unpaired) electrons. The summed E-state index contributed by atoms with van der Waals surface area (Å²) in [6.45, 7) is -0.140. The van der Waals surface area contributed by atoms with Crippen LogP contribution in [0, 0.1) is 5.41 Å². The standard InChI is InChI=1S/C9H17NO4/c11-5-7(10-8(13)14)4-9(6-12)2-1-3-9/h7,10-12H,1-6H2,(H,13,14). The van der Waals surface area contributed by atoms with Gasteiger partial charge in [-0.3, -0.25) is 0 Å². The number of aliphatic hydroxyl groups excluding tert-OH is 2. The van der Waals surface area contributed by atoms with Gasteiger partial charge in [0.1, 0.15) is 0 Å². The maximum absolute atomic E-state index is 10.4. The van der Waals surface area contributed by atoms with E-state index >= 15 is 0 Å². The summed E-state index contributed by atoms with van der Waals surface area (Å²) < 4.78 is 0. The molecule has 0 heterocycles. The lowest BCUT2D eigenvalue weighted by Crippen LogP contribution is -2.45. The predicted octanol–water partition coefficient (Wildman–Crippen LogP) is 0.168. The van der Waals surface area contributed by atoms with Crippen LogP contribution in [0.1, 0.15) is 25.7 Å². The summed E-state index contributed by atoms with van der Waals surface area (Å²) in [5.41, 5.74) is -0.157. The van der Waals surface area contributed by atoms with Gasteiger partial charge >= 0.3 is 6.09 Å². The molecule has 1 unspecified atom stereocenters. The van der Waals surface area contributed by atoms with Gasteiger partial charge in [-0.2, -0.15) is 0 Å². The van der Waals surface area contributed by atoms with Gasteiger partial charge in [0.2, 0.25) is 0 Å². The Labute approximate surface area is 82.7 Å². The van der Waals surface area contributed by atoms with Gasteiger partial charge in [-0.25, -0.2) is 4.79 Å². The molecule has 0 saturated heterocycles. The van der Waals surface area contributed by atoms with Crippen LogP contribution in [0.15, 0.2) is 0 Å². The van der Waals surface area contributed by atoms with E-state index in [9.17, 15) is 4.79 Å². The molecule has 0 bridgehead atoms. The number of rotatable bonds is 5. The van der Waals surface area contributed by atoms with Gasteiger partial charge in [0.05, 0.1) is 12.6 Å². The summed E-state index contributed by atoms with van der Waals surface area (Å²) in [6.07, 6.45) is 2.30. The number of hydrogen-bond donors (Lipinski definition) is 4. The van der Waals surface area contributed by atoms with Crippen LogP contribution in [0.2, 0.25) is 0 Å². The van der Waals surface area contributed by atoms with Gasteiger partial charge in [0.25, 0.3) is 0 Å². The molecule has 1 aliphatic rings. The molecular formula is C9H17NO4. The molecule has 0 spiro atoms. The monoisotopic (exact) mass is 203 g/mol. The Morgan fingerprint density at radius 2 is 2.07 bits per heavy atom. The molecule has 82 valence electrons. The molecule has 14 heavy (non-hydrogen) atoms. The zero-order valence-electron chi connectivity index (χ0n) is 8.07. The van der Waals surface area contributed by atoms with Crippen molar-refractivity contribution in [2.75, 3.05) is 13.2 Å². The van der Waals surface area contributed by atoms with Crippen LogP contribution >= 0.6 is 0 Å². The van der Waals surface area contributed by atoms with E-state index in [0.29, 0.717) is 6.42 Å². The Bertz CT molecular complexity index is 197. The Morgan fingerprint density at radius 3 is 2.36 bits per heavy atom. The Morgan fingerprint density at radius 1 is 1.43 bits per heavy atom. The number of carboxylic acid groups (broad SMARTS) is 1. The van der Waals surface area contributed by atoms with Crippen LogP contribution in [-0.4, -0.2) is 40.7 Å². The predicted molar refractivity (Wildman–Crippen MR) is 50.0 cm³/mol. The average Bonchev–Trinajstić information content (AvgIpc) is 2.08. The fourth-order valence-corrected chi connectivity index (χ4v) is 1.96. The van der Waals surface area contributed by atoms with Gasteiger partial charge in [0.15, 0.2) is 0 Å². The summed E-state index contributed by atoms with van der Waals surface area (Å²) in [6, 6.07) is -0.458. The summed E-state index contributed by atoms with van der Waals surface area (Å²) >= 11 is 0. The minimum atomic E-state index is -1.13. The Kier molecular flexibility index (Phi) is 3.71. The van der Waals surface area contributed by atoms with Gasteiger partial charge in [-0.1, -0.05) is 6.42 Å². The molecule has 0 aliphatic heterocycles. The van der Waals surface area contributed by atoms with Crippen LogP contribution in [0.3, 0.4) is 0 Å². The maximum atomic E-state index is 10.4. The van der Waals surface area contributed by atoms with Crippen molar-refractivity contribution in [1.82, 2.24) is 5.32 Å². The molecule has 0 aromatic heterocycles. The summed E-state index contributed by atoms with van der Waals surface area (Å²) in [5, 5.41) is 28.8. The molecule has 1 saturated carbocycles. The molecule has 4 N–H and O–H groups in total. The van der Waals surface area contributed by atoms with Crippen molar-refractivity contribution in [3.63, 3.8) is 0 Å². The van der Waals surface area contributed by atoms with Crippen molar-refractivity contribution in [2.24, 2.45) is 5.41 Å². The quantitative estimate of drug-likeness (QED) is 0.512. The van der Waals surface area contributed by atoms with Gasteiger partial charge in [0, 0.05) is 6.61 Å². The second-order valence-electron chi connectivity index (χ2n) is 4.04. The molecule has 5 heteroatoms. The van der Waals surface area contributed by atoms with E-state index in [-0.39, 0.29) is 18.6 Å². The van der Waals surface area contributed by atoms with Crippen molar-refractivity contribution in [1.29, 1.82) is 0 Å². The third-order valence-corrected chi connectivity index (χ3v) is 2.98. The lowest BCUT2D eigenvalue weighted by molar-refractivity contribution is 0.0194. The largest absolute Gasteiger partial charge is 0.465 e. The van der Waals surface area contributed by atoms with Gasteiger partial charge in [-0.05, 0) is 24.7 Å². The van der Waals surface area contributed by atoms with Crippen LogP contribution in [0.25, 0.3) is 0 Å². The highest BCUT2D eigenvalue weighted by molar-refractivity contribution is 5.64. The maximum Gasteiger partial charge on any atom is 0.404 e. The van der Waals surface area contributed by atoms with E-state index < -0.39 is 12.1 Å². The molecule has 1 atom stereocenters. The first kappa shape index (κ1) is 11.3. The lowest BCUT2D eigenvalue weighted by atomic mass is 9.66. The minimum absolute atomic E-state index is 0.0742. The van der Waals surface area contributed by atoms with E-state index in [1.54, 1.807) is 0 Å². The van der Waals surface area contributed by atoms with Crippen molar-refractivity contribution < 1.29 is 20.1 Å². The Balaban J connectivity index is 2.42. The molecule has 1 aliphatic carbocycles. The molecule has 1 fully saturated rings. The van der Waals surface area contributed by atoms with Crippen LogP contribution in [0.4, 0.5) is 4.79 Å². The zero-order chi connectivity index (χ0) is 10.6. The fourth-order valence-electron chi connectivity index (χ4n) is 1.96. The summed E-state index contributed by atoms with van der Waals surface area (Å²) in [4.78, 5) is 10.4. The Hall–Kier alpha value is -0.810. The van der Waals surface area contributed by atoms with Crippen molar-refractivity contribution in [3.05, 3.63) is 0 Å². The smallest absolute Gasteiger partial charge is 0.404 e. The first-order valence-corrected chi connectivity index (χ1v) is 4.83. The normalized spacial score (nSPS) is 21.0. The molecule has 0 aromatic rings. The SMILES string of the molecule is O=C(O)NC(CO)CC1(CO)CCC1. The van der Waals surface area contributed by atoms with E-state index in [4.69, 9.17) is 15.3 Å². The number of nitrogens with one attached hydrogen (secondary N) is 1. The highest BCUT2D eigenvalue weighted by Gasteiger charge is 2.38. The number of aliphatic hydroxyl groups is 2. The average molecular weight is 203 g/mol. The first-order chi connectivity index (χ1) is 6.62. The minimum Gasteiger partial charge on any atom is -0.465 e. The van der Waals surface area contributed by atoms with Crippen LogP contribution in [0.5, 0.6) is 0 Å². The zero-order valence-corrected chi connectivity index (χ0v) is 8.07. The number of hydrogen-bond acceptors (Lipinski definition) is 3. The second-order valence-corrected chi connectivity index (χ2v) is 4.04. The van der Waals surface area contributed by atoms with E-state index in [1.165, 1.54) is 0 Å². The van der Waals surface area contributed by atoms with E-state index in [2.05, 4.69) is 5.32 Å². The second kappa shape index (κ2) is 4.61. The third-order valence-electron chi connectivity index (χ3n) is 2.98. The van der Waals surface area contributed by atoms with E-state index in [0.717, 1.165) is 19.3 Å². The molecule has 5 nitrogen and oxygen atoms in total. The molecule has 1 amide bonds. The fraction of sp³-hybridized carbons (Fsp3) is 0.889. The third kappa shape index (κ3) is 2.59. The van der Waals surface area contributed by atoms with Gasteiger partial charge < -0.3 is 20.6 Å². The van der Waals surface area contributed by atoms with Crippen molar-refractivity contribution in [2.45, 2.75) is 31.7 Å². The molecular weight excluding hydrogens is 186 g/mol. The summed E-state index contributed by atoms with van der Waals surface area (Å²) in [7, 11) is 0. The highest BCUT2D eigenvalue weighted by Crippen LogP contribution is 2.44. The van der Waals surface area contributed by atoms with Crippen molar-refractivity contribution >= 4 is 6.09 Å². The van der Waals surface area contributed by atoms with E-state index in [1.807, 2.05) is 0 Å². The van der Waals surface area contributed by atoms with Gasteiger partial charge in [-0.15, -0.1) is 0 Å². The topological polar surface area (TPSA) is 89.8 Å². The highest BCUT2D eigenvalue weighted by atomic mass is 16.4. The molecule has 0 aromatic carbocycles. The number of amides is 1. The summed E-state index contributed by atoms with van der Waals surface area (Å²) in [5.74, 6) is 0. The lowest BCUT2D eigenvalue weighted by Gasteiger charge is -2.42.